The first-order valence-corrected chi connectivity index (χ1v) is 5.59. The minimum absolute atomic E-state index is 0.00436. The fraction of sp³-hybridized carbons (Fsp3) is 0.538. The first-order valence-electron chi connectivity index (χ1n) is 5.59. The van der Waals surface area contributed by atoms with E-state index in [-0.39, 0.29) is 5.60 Å². The summed E-state index contributed by atoms with van der Waals surface area (Å²) in [5.74, 6) is 1.55. The van der Waals surface area contributed by atoms with Crippen LogP contribution in [0.3, 0.4) is 0 Å². The lowest BCUT2D eigenvalue weighted by Gasteiger charge is -2.39. The molecule has 0 radical (unpaired) electrons. The van der Waals surface area contributed by atoms with Gasteiger partial charge in [-0.15, -0.1) is 0 Å². The van der Waals surface area contributed by atoms with Gasteiger partial charge in [0.05, 0.1) is 0 Å². The second-order valence-electron chi connectivity index (χ2n) is 4.88. The summed E-state index contributed by atoms with van der Waals surface area (Å²) >= 11 is 0. The van der Waals surface area contributed by atoms with Gasteiger partial charge in [0.2, 0.25) is 0 Å². The fourth-order valence-electron chi connectivity index (χ4n) is 1.77. The molecule has 1 saturated heterocycles. The van der Waals surface area contributed by atoms with Crippen LogP contribution in [0.15, 0.2) is 24.3 Å². The van der Waals surface area contributed by atoms with Crippen molar-refractivity contribution >= 4 is 0 Å². The number of hydrogen-bond donors (Lipinski definition) is 1. The summed E-state index contributed by atoms with van der Waals surface area (Å²) in [6, 6.07) is 8.41. The average molecular weight is 205 g/mol. The Labute approximate surface area is 91.6 Å². The highest BCUT2D eigenvalue weighted by Gasteiger charge is 2.33. The molecule has 1 aliphatic rings. The summed E-state index contributed by atoms with van der Waals surface area (Å²) in [4.78, 5) is 0. The SMILES string of the molecule is CC(C)c1cccc(OC2(C)CNC2)c1. The molecule has 1 N–H and O–H groups in total. The second kappa shape index (κ2) is 3.86. The van der Waals surface area contributed by atoms with Gasteiger partial charge in [0.15, 0.2) is 0 Å². The minimum Gasteiger partial charge on any atom is -0.485 e. The molecular formula is C13H19NO. The summed E-state index contributed by atoms with van der Waals surface area (Å²) in [5.41, 5.74) is 1.33. The molecule has 0 spiro atoms. The standard InChI is InChI=1S/C13H19NO/c1-10(2)11-5-4-6-12(7-11)15-13(3)8-14-9-13/h4-7,10,14H,8-9H2,1-3H3. The average Bonchev–Trinajstić information content (AvgIpc) is 2.16. The summed E-state index contributed by atoms with van der Waals surface area (Å²) in [6.45, 7) is 8.43. The lowest BCUT2D eigenvalue weighted by atomic mass is 9.99. The molecule has 0 aliphatic carbocycles. The van der Waals surface area contributed by atoms with Crippen molar-refractivity contribution in [1.82, 2.24) is 5.32 Å². The predicted octanol–water partition coefficient (Wildman–Crippen LogP) is 2.55. The van der Waals surface area contributed by atoms with Crippen molar-refractivity contribution in [3.05, 3.63) is 29.8 Å². The Morgan fingerprint density at radius 3 is 2.60 bits per heavy atom. The Morgan fingerprint density at radius 2 is 2.07 bits per heavy atom. The lowest BCUT2D eigenvalue weighted by molar-refractivity contribution is 0.0348. The highest BCUT2D eigenvalue weighted by molar-refractivity contribution is 5.31. The first kappa shape index (κ1) is 10.5. The molecule has 2 nitrogen and oxygen atoms in total. The molecule has 1 heterocycles. The van der Waals surface area contributed by atoms with Gasteiger partial charge in [-0.05, 0) is 30.5 Å². The van der Waals surface area contributed by atoms with Crippen LogP contribution in [-0.4, -0.2) is 18.7 Å². The highest BCUT2D eigenvalue weighted by Crippen LogP contribution is 2.25. The van der Waals surface area contributed by atoms with E-state index in [0.29, 0.717) is 5.92 Å². The van der Waals surface area contributed by atoms with Crippen molar-refractivity contribution in [3.63, 3.8) is 0 Å². The van der Waals surface area contributed by atoms with E-state index < -0.39 is 0 Å². The molecule has 0 saturated carbocycles. The van der Waals surface area contributed by atoms with Gasteiger partial charge in [0.1, 0.15) is 11.4 Å². The van der Waals surface area contributed by atoms with Crippen molar-refractivity contribution in [2.75, 3.05) is 13.1 Å². The molecule has 0 bridgehead atoms. The Kier molecular flexibility index (Phi) is 2.70. The van der Waals surface area contributed by atoms with E-state index >= 15 is 0 Å². The third-order valence-corrected chi connectivity index (χ3v) is 2.89. The quantitative estimate of drug-likeness (QED) is 0.818. The van der Waals surface area contributed by atoms with Gasteiger partial charge >= 0.3 is 0 Å². The molecule has 15 heavy (non-hydrogen) atoms. The maximum atomic E-state index is 5.97. The van der Waals surface area contributed by atoms with Crippen LogP contribution in [0.5, 0.6) is 5.75 Å². The van der Waals surface area contributed by atoms with Crippen molar-refractivity contribution in [1.29, 1.82) is 0 Å². The zero-order valence-corrected chi connectivity index (χ0v) is 9.71. The lowest BCUT2D eigenvalue weighted by Crippen LogP contribution is -2.61. The third kappa shape index (κ3) is 2.32. The van der Waals surface area contributed by atoms with Gasteiger partial charge in [-0.25, -0.2) is 0 Å². The predicted molar refractivity (Wildman–Crippen MR) is 62.4 cm³/mol. The number of rotatable bonds is 3. The zero-order valence-electron chi connectivity index (χ0n) is 9.71. The van der Waals surface area contributed by atoms with Gasteiger partial charge in [-0.1, -0.05) is 26.0 Å². The molecule has 1 aromatic rings. The molecule has 2 heteroatoms. The Morgan fingerprint density at radius 1 is 1.33 bits per heavy atom. The highest BCUT2D eigenvalue weighted by atomic mass is 16.5. The summed E-state index contributed by atoms with van der Waals surface area (Å²) < 4.78 is 5.97. The van der Waals surface area contributed by atoms with Gasteiger partial charge in [0.25, 0.3) is 0 Å². The van der Waals surface area contributed by atoms with Gasteiger partial charge < -0.3 is 10.1 Å². The van der Waals surface area contributed by atoms with E-state index in [1.165, 1.54) is 5.56 Å². The van der Waals surface area contributed by atoms with E-state index in [1.54, 1.807) is 0 Å². The van der Waals surface area contributed by atoms with Crippen molar-refractivity contribution in [2.45, 2.75) is 32.3 Å². The molecule has 0 atom stereocenters. The van der Waals surface area contributed by atoms with Crippen LogP contribution >= 0.6 is 0 Å². The van der Waals surface area contributed by atoms with Crippen LogP contribution in [-0.2, 0) is 0 Å². The Balaban J connectivity index is 2.11. The molecule has 1 aromatic carbocycles. The van der Waals surface area contributed by atoms with Crippen LogP contribution in [0.1, 0.15) is 32.3 Å². The zero-order chi connectivity index (χ0) is 10.9. The first-order chi connectivity index (χ1) is 7.09. The topological polar surface area (TPSA) is 21.3 Å². The molecule has 0 amide bonds. The van der Waals surface area contributed by atoms with Gasteiger partial charge in [-0.3, -0.25) is 0 Å². The Bertz CT molecular complexity index is 342. The molecule has 2 rings (SSSR count). The maximum absolute atomic E-state index is 5.97. The van der Waals surface area contributed by atoms with Gasteiger partial charge in [0, 0.05) is 13.1 Å². The van der Waals surface area contributed by atoms with Crippen molar-refractivity contribution in [2.24, 2.45) is 0 Å². The van der Waals surface area contributed by atoms with Crippen LogP contribution in [0.2, 0.25) is 0 Å². The minimum atomic E-state index is -0.00436. The number of hydrogen-bond acceptors (Lipinski definition) is 2. The maximum Gasteiger partial charge on any atom is 0.131 e. The molecule has 1 aliphatic heterocycles. The Hall–Kier alpha value is -1.02. The second-order valence-corrected chi connectivity index (χ2v) is 4.88. The van der Waals surface area contributed by atoms with E-state index in [0.717, 1.165) is 18.8 Å². The number of ether oxygens (including phenoxy) is 1. The third-order valence-electron chi connectivity index (χ3n) is 2.89. The summed E-state index contributed by atoms with van der Waals surface area (Å²) in [5, 5.41) is 3.23. The largest absolute Gasteiger partial charge is 0.485 e. The molecule has 82 valence electrons. The molecule has 0 aromatic heterocycles. The molecular weight excluding hydrogens is 186 g/mol. The molecule has 0 unspecified atom stereocenters. The molecule has 1 fully saturated rings. The van der Waals surface area contributed by atoms with E-state index in [4.69, 9.17) is 4.74 Å². The number of benzene rings is 1. The van der Waals surface area contributed by atoms with Crippen LogP contribution in [0, 0.1) is 0 Å². The van der Waals surface area contributed by atoms with Crippen LogP contribution in [0.4, 0.5) is 0 Å². The fourth-order valence-corrected chi connectivity index (χ4v) is 1.77. The van der Waals surface area contributed by atoms with E-state index in [1.807, 2.05) is 6.07 Å². The normalized spacial score (nSPS) is 18.7. The summed E-state index contributed by atoms with van der Waals surface area (Å²) in [7, 11) is 0. The van der Waals surface area contributed by atoms with Crippen molar-refractivity contribution in [3.8, 4) is 5.75 Å². The van der Waals surface area contributed by atoms with Gasteiger partial charge in [-0.2, -0.15) is 0 Å². The van der Waals surface area contributed by atoms with Crippen molar-refractivity contribution < 1.29 is 4.74 Å². The number of nitrogens with one attached hydrogen (secondary N) is 1. The van der Waals surface area contributed by atoms with Crippen LogP contribution < -0.4 is 10.1 Å². The smallest absolute Gasteiger partial charge is 0.131 e. The summed E-state index contributed by atoms with van der Waals surface area (Å²) in [6.07, 6.45) is 0. The van der Waals surface area contributed by atoms with Crippen LogP contribution in [0.25, 0.3) is 0 Å². The monoisotopic (exact) mass is 205 g/mol. The van der Waals surface area contributed by atoms with E-state index in [2.05, 4.69) is 44.3 Å². The van der Waals surface area contributed by atoms with E-state index in [9.17, 15) is 0 Å².